The van der Waals surface area contributed by atoms with Gasteiger partial charge in [0.2, 0.25) is 10.0 Å². The lowest BCUT2D eigenvalue weighted by atomic mass is 9.90. The summed E-state index contributed by atoms with van der Waals surface area (Å²) < 4.78 is 71.6. The molecule has 0 spiro atoms. The Bertz CT molecular complexity index is 758. The van der Waals surface area contributed by atoms with Crippen LogP contribution in [0.15, 0.2) is 29.2 Å². The van der Waals surface area contributed by atoms with E-state index in [4.69, 9.17) is 4.74 Å². The van der Waals surface area contributed by atoms with E-state index in [0.29, 0.717) is 12.8 Å². The lowest BCUT2D eigenvalue weighted by Crippen LogP contribution is -2.41. The van der Waals surface area contributed by atoms with Gasteiger partial charge in [-0.1, -0.05) is 0 Å². The molecular weight excluding hydrogens is 403 g/mol. The van der Waals surface area contributed by atoms with E-state index in [1.165, 1.54) is 4.31 Å². The number of rotatable bonds is 7. The fourth-order valence-corrected chi connectivity index (χ4v) is 4.49. The minimum Gasteiger partial charge on any atom is -0.466 e. The number of carbonyl (C=O) groups excluding carboxylic acids is 1. The van der Waals surface area contributed by atoms with E-state index in [-0.39, 0.29) is 36.9 Å². The quantitative estimate of drug-likeness (QED) is 0.674. The molecule has 1 N–H and O–H groups in total. The normalized spacial score (nSPS) is 17.9. The molecule has 0 bridgehead atoms. The molecule has 1 saturated heterocycles. The number of piperidine rings is 1. The second kappa shape index (κ2) is 9.10. The van der Waals surface area contributed by atoms with Crippen LogP contribution in [0.3, 0.4) is 0 Å². The van der Waals surface area contributed by atoms with Crippen molar-refractivity contribution in [2.75, 3.05) is 19.7 Å². The van der Waals surface area contributed by atoms with Crippen molar-refractivity contribution in [3.63, 3.8) is 0 Å². The van der Waals surface area contributed by atoms with Gasteiger partial charge in [-0.05, 0) is 49.9 Å². The average Bonchev–Trinajstić information content (AvgIpc) is 2.61. The Labute approximate surface area is 161 Å². The third-order valence-corrected chi connectivity index (χ3v) is 6.33. The standard InChI is InChI=1S/C17H22F3NO6S/c1-2-26-16(23)11-15(22)12-7-9-21(10-8-12)28(24,25)14-5-3-13(4-6-14)27-17(18,19)20/h3-6,12,15,22H,2,7-11H2,1H3. The van der Waals surface area contributed by atoms with E-state index < -0.39 is 34.2 Å². The summed E-state index contributed by atoms with van der Waals surface area (Å²) >= 11 is 0. The van der Waals surface area contributed by atoms with Crippen molar-refractivity contribution in [2.45, 2.75) is 43.5 Å². The zero-order chi connectivity index (χ0) is 20.9. The molecule has 1 aliphatic heterocycles. The maximum absolute atomic E-state index is 12.6. The lowest BCUT2D eigenvalue weighted by molar-refractivity contribution is -0.274. The first kappa shape index (κ1) is 22.4. The molecular formula is C17H22F3NO6S. The highest BCUT2D eigenvalue weighted by Crippen LogP contribution is 2.29. The van der Waals surface area contributed by atoms with E-state index in [1.807, 2.05) is 0 Å². The second-order valence-corrected chi connectivity index (χ2v) is 8.28. The van der Waals surface area contributed by atoms with Crippen molar-refractivity contribution in [1.82, 2.24) is 4.31 Å². The van der Waals surface area contributed by atoms with Crippen molar-refractivity contribution in [3.05, 3.63) is 24.3 Å². The van der Waals surface area contributed by atoms with Crippen LogP contribution in [0.2, 0.25) is 0 Å². The number of aliphatic hydroxyl groups is 1. The van der Waals surface area contributed by atoms with Gasteiger partial charge in [0.1, 0.15) is 5.75 Å². The molecule has 1 heterocycles. The fourth-order valence-electron chi connectivity index (χ4n) is 3.02. The van der Waals surface area contributed by atoms with Gasteiger partial charge >= 0.3 is 12.3 Å². The summed E-state index contributed by atoms with van der Waals surface area (Å²) in [5, 5.41) is 10.1. The highest BCUT2D eigenvalue weighted by molar-refractivity contribution is 7.89. The number of hydrogen-bond acceptors (Lipinski definition) is 6. The Kier molecular flexibility index (Phi) is 7.29. The smallest absolute Gasteiger partial charge is 0.466 e. The third kappa shape index (κ3) is 6.08. The lowest BCUT2D eigenvalue weighted by Gasteiger charge is -2.33. The second-order valence-electron chi connectivity index (χ2n) is 6.34. The zero-order valence-electron chi connectivity index (χ0n) is 15.2. The van der Waals surface area contributed by atoms with Gasteiger partial charge in [-0.3, -0.25) is 4.79 Å². The Morgan fingerprint density at radius 1 is 1.25 bits per heavy atom. The monoisotopic (exact) mass is 425 g/mol. The molecule has 0 saturated carbocycles. The molecule has 28 heavy (non-hydrogen) atoms. The Balaban J connectivity index is 1.96. The number of esters is 1. The largest absolute Gasteiger partial charge is 0.573 e. The first-order valence-electron chi connectivity index (χ1n) is 8.72. The van der Waals surface area contributed by atoms with Gasteiger partial charge in [-0.2, -0.15) is 4.31 Å². The highest BCUT2D eigenvalue weighted by Gasteiger charge is 2.34. The SMILES string of the molecule is CCOC(=O)CC(O)C1CCN(S(=O)(=O)c2ccc(OC(F)(F)F)cc2)CC1. The molecule has 1 aromatic carbocycles. The van der Waals surface area contributed by atoms with Crippen molar-refractivity contribution >= 4 is 16.0 Å². The van der Waals surface area contributed by atoms with Gasteiger partial charge in [-0.25, -0.2) is 8.42 Å². The summed E-state index contributed by atoms with van der Waals surface area (Å²) in [4.78, 5) is 11.3. The number of sulfonamides is 1. The van der Waals surface area contributed by atoms with Crippen molar-refractivity contribution in [1.29, 1.82) is 0 Å². The molecule has 0 radical (unpaired) electrons. The van der Waals surface area contributed by atoms with Gasteiger partial charge in [0.25, 0.3) is 0 Å². The number of aliphatic hydroxyl groups excluding tert-OH is 1. The summed E-state index contributed by atoms with van der Waals surface area (Å²) in [6.45, 7) is 2.14. The summed E-state index contributed by atoms with van der Waals surface area (Å²) in [6.07, 6.45) is -5.20. The van der Waals surface area contributed by atoms with E-state index in [1.54, 1.807) is 6.92 Å². The molecule has 7 nitrogen and oxygen atoms in total. The Hall–Kier alpha value is -1.85. The van der Waals surface area contributed by atoms with Crippen LogP contribution >= 0.6 is 0 Å². The topological polar surface area (TPSA) is 93.1 Å². The molecule has 1 fully saturated rings. The summed E-state index contributed by atoms with van der Waals surface area (Å²) in [5.41, 5.74) is 0. The van der Waals surface area contributed by atoms with E-state index in [2.05, 4.69) is 4.74 Å². The van der Waals surface area contributed by atoms with Crippen molar-refractivity contribution in [2.24, 2.45) is 5.92 Å². The number of nitrogens with zero attached hydrogens (tertiary/aromatic N) is 1. The van der Waals surface area contributed by atoms with Crippen molar-refractivity contribution < 1.29 is 41.0 Å². The van der Waals surface area contributed by atoms with Crippen LogP contribution in [0.1, 0.15) is 26.2 Å². The summed E-state index contributed by atoms with van der Waals surface area (Å²) in [6, 6.07) is 3.99. The van der Waals surface area contributed by atoms with Gasteiger partial charge in [0.15, 0.2) is 0 Å². The molecule has 1 unspecified atom stereocenters. The number of ether oxygens (including phenoxy) is 2. The molecule has 0 amide bonds. The fraction of sp³-hybridized carbons (Fsp3) is 0.588. The Morgan fingerprint density at radius 2 is 1.82 bits per heavy atom. The maximum Gasteiger partial charge on any atom is 0.573 e. The number of halogens is 3. The molecule has 1 aliphatic rings. The van der Waals surface area contributed by atoms with Crippen LogP contribution < -0.4 is 4.74 Å². The Morgan fingerprint density at radius 3 is 2.32 bits per heavy atom. The number of hydrogen-bond donors (Lipinski definition) is 1. The highest BCUT2D eigenvalue weighted by atomic mass is 32.2. The minimum absolute atomic E-state index is 0.133. The van der Waals surface area contributed by atoms with E-state index in [9.17, 15) is 31.5 Å². The zero-order valence-corrected chi connectivity index (χ0v) is 16.0. The van der Waals surface area contributed by atoms with Crippen LogP contribution in [0, 0.1) is 5.92 Å². The number of carbonyl (C=O) groups is 1. The number of alkyl halides is 3. The van der Waals surface area contributed by atoms with Crippen LogP contribution in [0.25, 0.3) is 0 Å². The first-order chi connectivity index (χ1) is 13.0. The average molecular weight is 425 g/mol. The van der Waals surface area contributed by atoms with Crippen molar-refractivity contribution in [3.8, 4) is 5.75 Å². The number of benzene rings is 1. The van der Waals surface area contributed by atoms with Crippen LogP contribution in [0.5, 0.6) is 5.75 Å². The molecule has 0 aromatic heterocycles. The van der Waals surface area contributed by atoms with Gasteiger partial charge < -0.3 is 14.6 Å². The minimum atomic E-state index is -4.85. The first-order valence-corrected chi connectivity index (χ1v) is 10.2. The van der Waals surface area contributed by atoms with Crippen LogP contribution in [-0.2, 0) is 19.6 Å². The molecule has 11 heteroatoms. The predicted molar refractivity (Wildman–Crippen MR) is 91.9 cm³/mol. The van der Waals surface area contributed by atoms with Gasteiger partial charge in [0.05, 0.1) is 24.0 Å². The molecule has 2 rings (SSSR count). The van der Waals surface area contributed by atoms with Gasteiger partial charge in [0, 0.05) is 13.1 Å². The summed E-state index contributed by atoms with van der Waals surface area (Å²) in [5.74, 6) is -1.25. The third-order valence-electron chi connectivity index (χ3n) is 4.42. The molecule has 158 valence electrons. The molecule has 0 aliphatic carbocycles. The van der Waals surface area contributed by atoms with E-state index >= 15 is 0 Å². The molecule has 1 atom stereocenters. The van der Waals surface area contributed by atoms with Crippen LogP contribution in [0.4, 0.5) is 13.2 Å². The van der Waals surface area contributed by atoms with Crippen LogP contribution in [-0.4, -0.2) is 56.0 Å². The summed E-state index contributed by atoms with van der Waals surface area (Å²) in [7, 11) is -3.88. The van der Waals surface area contributed by atoms with E-state index in [0.717, 1.165) is 24.3 Å². The maximum atomic E-state index is 12.6. The van der Waals surface area contributed by atoms with Gasteiger partial charge in [-0.15, -0.1) is 13.2 Å². The molecule has 1 aromatic rings. The predicted octanol–water partition coefficient (Wildman–Crippen LogP) is 2.30.